The standard InChI is InChI=1S/C14H18N2O3/c1-9(14(17)19-4)10(2)16-13-11(8-15)6-5-7-12(13)18-3/h5-7,9-10,16H,1-4H3. The number of carbonyl (C=O) groups is 1. The third-order valence-corrected chi connectivity index (χ3v) is 3.06. The summed E-state index contributed by atoms with van der Waals surface area (Å²) in [5.74, 6) is -0.0576. The Hall–Kier alpha value is -2.22. The lowest BCUT2D eigenvalue weighted by Crippen LogP contribution is -2.31. The van der Waals surface area contributed by atoms with Gasteiger partial charge >= 0.3 is 5.97 Å². The molecule has 5 heteroatoms. The lowest BCUT2D eigenvalue weighted by atomic mass is 10.0. The van der Waals surface area contributed by atoms with Gasteiger partial charge in [-0.25, -0.2) is 0 Å². The van der Waals surface area contributed by atoms with Gasteiger partial charge in [0, 0.05) is 6.04 Å². The molecule has 5 nitrogen and oxygen atoms in total. The molecule has 0 heterocycles. The molecule has 0 radical (unpaired) electrons. The monoisotopic (exact) mass is 262 g/mol. The fourth-order valence-corrected chi connectivity index (χ4v) is 1.69. The second-order valence-corrected chi connectivity index (χ2v) is 4.24. The van der Waals surface area contributed by atoms with Gasteiger partial charge in [-0.3, -0.25) is 4.79 Å². The van der Waals surface area contributed by atoms with Crippen LogP contribution in [0.1, 0.15) is 19.4 Å². The third-order valence-electron chi connectivity index (χ3n) is 3.06. The van der Waals surface area contributed by atoms with E-state index in [0.29, 0.717) is 17.0 Å². The van der Waals surface area contributed by atoms with Crippen LogP contribution in [0.15, 0.2) is 18.2 Å². The summed E-state index contributed by atoms with van der Waals surface area (Å²) in [6.07, 6.45) is 0. The number of hydrogen-bond donors (Lipinski definition) is 1. The fraction of sp³-hybridized carbons (Fsp3) is 0.429. The van der Waals surface area contributed by atoms with Crippen LogP contribution in [0.5, 0.6) is 5.75 Å². The molecule has 0 saturated heterocycles. The van der Waals surface area contributed by atoms with E-state index in [9.17, 15) is 4.79 Å². The number of carbonyl (C=O) groups excluding carboxylic acids is 1. The number of ether oxygens (including phenoxy) is 2. The Balaban J connectivity index is 2.99. The van der Waals surface area contributed by atoms with Crippen molar-refractivity contribution >= 4 is 11.7 Å². The van der Waals surface area contributed by atoms with Gasteiger partial charge in [-0.1, -0.05) is 6.07 Å². The minimum Gasteiger partial charge on any atom is -0.495 e. The second kappa shape index (κ2) is 6.64. The normalized spacial score (nSPS) is 13.0. The maximum atomic E-state index is 11.5. The average molecular weight is 262 g/mol. The first-order chi connectivity index (χ1) is 9.04. The highest BCUT2D eigenvalue weighted by Gasteiger charge is 2.22. The number of esters is 1. The number of anilines is 1. The summed E-state index contributed by atoms with van der Waals surface area (Å²) in [5, 5.41) is 12.3. The molecule has 0 fully saturated rings. The molecule has 2 unspecified atom stereocenters. The number of hydrogen-bond acceptors (Lipinski definition) is 5. The van der Waals surface area contributed by atoms with E-state index in [2.05, 4.69) is 11.4 Å². The van der Waals surface area contributed by atoms with Gasteiger partial charge in [-0.15, -0.1) is 0 Å². The Bertz CT molecular complexity index is 494. The molecule has 102 valence electrons. The van der Waals surface area contributed by atoms with Crippen LogP contribution in [0.4, 0.5) is 5.69 Å². The van der Waals surface area contributed by atoms with E-state index in [-0.39, 0.29) is 17.9 Å². The summed E-state index contributed by atoms with van der Waals surface area (Å²) >= 11 is 0. The fourth-order valence-electron chi connectivity index (χ4n) is 1.69. The van der Waals surface area contributed by atoms with Crippen LogP contribution in [-0.2, 0) is 9.53 Å². The largest absolute Gasteiger partial charge is 0.495 e. The molecule has 19 heavy (non-hydrogen) atoms. The Morgan fingerprint density at radius 3 is 2.58 bits per heavy atom. The topological polar surface area (TPSA) is 71.3 Å². The molecule has 2 atom stereocenters. The highest BCUT2D eigenvalue weighted by Crippen LogP contribution is 2.29. The van der Waals surface area contributed by atoms with Crippen molar-refractivity contribution < 1.29 is 14.3 Å². The van der Waals surface area contributed by atoms with Crippen molar-refractivity contribution in [3.63, 3.8) is 0 Å². The highest BCUT2D eigenvalue weighted by atomic mass is 16.5. The van der Waals surface area contributed by atoms with Crippen LogP contribution < -0.4 is 10.1 Å². The summed E-state index contributed by atoms with van der Waals surface area (Å²) in [4.78, 5) is 11.5. The number of methoxy groups -OCH3 is 2. The number of nitrogens with one attached hydrogen (secondary N) is 1. The van der Waals surface area contributed by atoms with Crippen molar-refractivity contribution in [2.24, 2.45) is 5.92 Å². The van der Waals surface area contributed by atoms with Crippen molar-refractivity contribution in [2.75, 3.05) is 19.5 Å². The molecule has 1 aromatic carbocycles. The highest BCUT2D eigenvalue weighted by molar-refractivity contribution is 5.74. The molecule has 0 bridgehead atoms. The van der Waals surface area contributed by atoms with E-state index < -0.39 is 0 Å². The first-order valence-electron chi connectivity index (χ1n) is 5.96. The number of nitriles is 1. The molecule has 1 aromatic rings. The molecule has 0 spiro atoms. The van der Waals surface area contributed by atoms with Crippen molar-refractivity contribution in [3.05, 3.63) is 23.8 Å². The summed E-state index contributed by atoms with van der Waals surface area (Å²) in [7, 11) is 2.89. The zero-order valence-corrected chi connectivity index (χ0v) is 11.6. The van der Waals surface area contributed by atoms with E-state index in [1.165, 1.54) is 14.2 Å². The van der Waals surface area contributed by atoms with Crippen LogP contribution in [0.3, 0.4) is 0 Å². The van der Waals surface area contributed by atoms with Crippen molar-refractivity contribution in [1.82, 2.24) is 0 Å². The van der Waals surface area contributed by atoms with Gasteiger partial charge in [0.15, 0.2) is 0 Å². The van der Waals surface area contributed by atoms with E-state index in [4.69, 9.17) is 14.7 Å². The van der Waals surface area contributed by atoms with Gasteiger partial charge in [0.1, 0.15) is 11.8 Å². The molecule has 1 rings (SSSR count). The van der Waals surface area contributed by atoms with Gasteiger partial charge < -0.3 is 14.8 Å². The first-order valence-corrected chi connectivity index (χ1v) is 5.96. The van der Waals surface area contributed by atoms with Gasteiger partial charge in [0.25, 0.3) is 0 Å². The predicted molar refractivity (Wildman–Crippen MR) is 72.0 cm³/mol. The maximum absolute atomic E-state index is 11.5. The average Bonchev–Trinajstić information content (AvgIpc) is 2.45. The van der Waals surface area contributed by atoms with E-state index in [0.717, 1.165) is 0 Å². The zero-order valence-electron chi connectivity index (χ0n) is 11.6. The molecule has 0 aliphatic rings. The zero-order chi connectivity index (χ0) is 14.4. The maximum Gasteiger partial charge on any atom is 0.310 e. The molecule has 0 saturated carbocycles. The quantitative estimate of drug-likeness (QED) is 0.823. The molecular weight excluding hydrogens is 244 g/mol. The summed E-state index contributed by atoms with van der Waals surface area (Å²) in [6, 6.07) is 7.12. The van der Waals surface area contributed by atoms with Crippen molar-refractivity contribution in [3.8, 4) is 11.8 Å². The lowest BCUT2D eigenvalue weighted by Gasteiger charge is -2.22. The molecular formula is C14H18N2O3. The van der Waals surface area contributed by atoms with Crippen LogP contribution in [0, 0.1) is 17.2 Å². The second-order valence-electron chi connectivity index (χ2n) is 4.24. The van der Waals surface area contributed by atoms with Crippen LogP contribution in [-0.4, -0.2) is 26.2 Å². The van der Waals surface area contributed by atoms with Gasteiger partial charge in [0.05, 0.1) is 31.4 Å². The minimum atomic E-state index is -0.332. The molecule has 0 aromatic heterocycles. The smallest absolute Gasteiger partial charge is 0.310 e. The number of para-hydroxylation sites is 1. The Morgan fingerprint density at radius 2 is 2.05 bits per heavy atom. The number of nitrogens with zero attached hydrogens (tertiary/aromatic N) is 1. The molecule has 1 N–H and O–H groups in total. The van der Waals surface area contributed by atoms with Crippen molar-refractivity contribution in [1.29, 1.82) is 5.26 Å². The van der Waals surface area contributed by atoms with Gasteiger partial charge in [-0.05, 0) is 26.0 Å². The molecule has 0 aliphatic carbocycles. The van der Waals surface area contributed by atoms with Gasteiger partial charge in [0.2, 0.25) is 0 Å². The van der Waals surface area contributed by atoms with Gasteiger partial charge in [-0.2, -0.15) is 5.26 Å². The minimum absolute atomic E-state index is 0.184. The summed E-state index contributed by atoms with van der Waals surface area (Å²) < 4.78 is 9.93. The summed E-state index contributed by atoms with van der Waals surface area (Å²) in [6.45, 7) is 3.63. The predicted octanol–water partition coefficient (Wildman–Crippen LogP) is 2.18. The summed E-state index contributed by atoms with van der Waals surface area (Å²) in [5.41, 5.74) is 1.07. The Morgan fingerprint density at radius 1 is 1.37 bits per heavy atom. The number of benzene rings is 1. The van der Waals surface area contributed by atoms with Crippen LogP contribution >= 0.6 is 0 Å². The first kappa shape index (κ1) is 14.8. The van der Waals surface area contributed by atoms with Crippen molar-refractivity contribution in [2.45, 2.75) is 19.9 Å². The van der Waals surface area contributed by atoms with E-state index >= 15 is 0 Å². The van der Waals surface area contributed by atoms with Crippen LogP contribution in [0.2, 0.25) is 0 Å². The lowest BCUT2D eigenvalue weighted by molar-refractivity contribution is -0.145. The third kappa shape index (κ3) is 3.38. The van der Waals surface area contributed by atoms with E-state index in [1.54, 1.807) is 25.1 Å². The number of rotatable bonds is 5. The Labute approximate surface area is 113 Å². The molecule has 0 amide bonds. The SMILES string of the molecule is COC(=O)C(C)C(C)Nc1c(C#N)cccc1OC. The van der Waals surface area contributed by atoms with E-state index in [1.807, 2.05) is 6.92 Å². The van der Waals surface area contributed by atoms with Crippen LogP contribution in [0.25, 0.3) is 0 Å². The Kier molecular flexibility index (Phi) is 5.19. The molecule has 0 aliphatic heterocycles.